The SMILES string of the molecule is CC1CC(C)CN(C(=O)C(C)N2CCC(C(=O)c3ccccc3)CC2)C1. The van der Waals surface area contributed by atoms with Crippen molar-refractivity contribution in [1.82, 2.24) is 9.80 Å². The van der Waals surface area contributed by atoms with E-state index in [9.17, 15) is 9.59 Å². The maximum atomic E-state index is 12.9. The van der Waals surface area contributed by atoms with Gasteiger partial charge in [0.25, 0.3) is 0 Å². The van der Waals surface area contributed by atoms with Gasteiger partial charge in [-0.15, -0.1) is 0 Å². The normalized spacial score (nSPS) is 26.5. The fraction of sp³-hybridized carbons (Fsp3) is 0.636. The van der Waals surface area contributed by atoms with Gasteiger partial charge in [0.05, 0.1) is 6.04 Å². The molecule has 0 aromatic heterocycles. The number of Topliss-reactive ketones (excluding diaryl/α,β-unsaturated/α-hetero) is 1. The van der Waals surface area contributed by atoms with E-state index < -0.39 is 0 Å². The highest BCUT2D eigenvalue weighted by Crippen LogP contribution is 2.25. The van der Waals surface area contributed by atoms with E-state index in [2.05, 4.69) is 23.6 Å². The molecule has 4 heteroatoms. The number of rotatable bonds is 4. The van der Waals surface area contributed by atoms with Crippen LogP contribution in [0.1, 0.15) is 50.4 Å². The van der Waals surface area contributed by atoms with E-state index in [4.69, 9.17) is 0 Å². The molecular formula is C22H32N2O2. The second kappa shape index (κ2) is 8.34. The first-order valence-corrected chi connectivity index (χ1v) is 10.1. The monoisotopic (exact) mass is 356 g/mol. The number of carbonyl (C=O) groups is 2. The summed E-state index contributed by atoms with van der Waals surface area (Å²) < 4.78 is 0. The van der Waals surface area contributed by atoms with Gasteiger partial charge in [0, 0.05) is 24.6 Å². The minimum Gasteiger partial charge on any atom is -0.341 e. The largest absolute Gasteiger partial charge is 0.341 e. The smallest absolute Gasteiger partial charge is 0.239 e. The molecule has 2 heterocycles. The van der Waals surface area contributed by atoms with Crippen molar-refractivity contribution >= 4 is 11.7 Å². The van der Waals surface area contributed by atoms with Gasteiger partial charge in [0.2, 0.25) is 5.91 Å². The summed E-state index contributed by atoms with van der Waals surface area (Å²) in [5, 5.41) is 0. The Balaban J connectivity index is 1.54. The molecule has 2 aliphatic rings. The van der Waals surface area contributed by atoms with Crippen LogP contribution in [-0.2, 0) is 4.79 Å². The third-order valence-corrected chi connectivity index (χ3v) is 6.04. The minimum atomic E-state index is -0.0831. The Bertz CT molecular complexity index is 612. The summed E-state index contributed by atoms with van der Waals surface area (Å²) in [6.07, 6.45) is 2.90. The fourth-order valence-electron chi connectivity index (χ4n) is 4.65. The van der Waals surface area contributed by atoms with Gasteiger partial charge in [0.15, 0.2) is 5.78 Å². The lowest BCUT2D eigenvalue weighted by molar-refractivity contribution is -0.139. The van der Waals surface area contributed by atoms with Gasteiger partial charge in [-0.25, -0.2) is 0 Å². The highest BCUT2D eigenvalue weighted by Gasteiger charge is 2.34. The second-order valence-electron chi connectivity index (χ2n) is 8.41. The highest BCUT2D eigenvalue weighted by atomic mass is 16.2. The molecule has 3 rings (SSSR count). The van der Waals surface area contributed by atoms with Gasteiger partial charge in [-0.05, 0) is 51.1 Å². The molecule has 1 amide bonds. The van der Waals surface area contributed by atoms with Crippen molar-refractivity contribution in [2.24, 2.45) is 17.8 Å². The quantitative estimate of drug-likeness (QED) is 0.776. The summed E-state index contributed by atoms with van der Waals surface area (Å²) in [4.78, 5) is 29.9. The third kappa shape index (κ3) is 4.35. The molecule has 0 bridgehead atoms. The van der Waals surface area contributed by atoms with Gasteiger partial charge in [-0.3, -0.25) is 14.5 Å². The molecule has 1 aromatic carbocycles. The number of hydrogen-bond acceptors (Lipinski definition) is 3. The molecule has 2 saturated heterocycles. The molecule has 1 aromatic rings. The maximum absolute atomic E-state index is 12.9. The number of nitrogens with zero attached hydrogens (tertiary/aromatic N) is 2. The minimum absolute atomic E-state index is 0.0831. The predicted molar refractivity (Wildman–Crippen MR) is 104 cm³/mol. The molecule has 2 fully saturated rings. The van der Waals surface area contributed by atoms with Crippen LogP contribution in [0.5, 0.6) is 0 Å². The Morgan fingerprint density at radius 2 is 1.58 bits per heavy atom. The summed E-state index contributed by atoms with van der Waals surface area (Å²) in [6, 6.07) is 9.50. The topological polar surface area (TPSA) is 40.6 Å². The van der Waals surface area contributed by atoms with Crippen molar-refractivity contribution in [3.05, 3.63) is 35.9 Å². The second-order valence-corrected chi connectivity index (χ2v) is 8.41. The molecule has 142 valence electrons. The van der Waals surface area contributed by atoms with Crippen LogP contribution < -0.4 is 0 Å². The Kier molecular flexibility index (Phi) is 6.13. The maximum Gasteiger partial charge on any atom is 0.239 e. The average Bonchev–Trinajstić information content (AvgIpc) is 2.66. The van der Waals surface area contributed by atoms with Gasteiger partial charge >= 0.3 is 0 Å². The molecule has 0 N–H and O–H groups in total. The van der Waals surface area contributed by atoms with Crippen LogP contribution in [0.2, 0.25) is 0 Å². The van der Waals surface area contributed by atoms with Crippen molar-refractivity contribution in [2.75, 3.05) is 26.2 Å². The lowest BCUT2D eigenvalue weighted by Gasteiger charge is -2.40. The fourth-order valence-corrected chi connectivity index (χ4v) is 4.65. The molecule has 0 saturated carbocycles. The molecule has 3 atom stereocenters. The van der Waals surface area contributed by atoms with Gasteiger partial charge in [-0.1, -0.05) is 44.2 Å². The lowest BCUT2D eigenvalue weighted by Crippen LogP contribution is -2.53. The van der Waals surface area contributed by atoms with E-state index in [1.165, 1.54) is 6.42 Å². The first kappa shape index (κ1) is 19.1. The Morgan fingerprint density at radius 3 is 2.15 bits per heavy atom. The first-order valence-electron chi connectivity index (χ1n) is 10.1. The van der Waals surface area contributed by atoms with Crippen LogP contribution in [0, 0.1) is 17.8 Å². The van der Waals surface area contributed by atoms with Gasteiger partial charge in [0.1, 0.15) is 0 Å². The lowest BCUT2D eigenvalue weighted by atomic mass is 9.88. The number of benzene rings is 1. The molecular weight excluding hydrogens is 324 g/mol. The molecule has 4 nitrogen and oxygen atoms in total. The Hall–Kier alpha value is -1.68. The summed E-state index contributed by atoms with van der Waals surface area (Å²) in [5.41, 5.74) is 0.811. The molecule has 26 heavy (non-hydrogen) atoms. The zero-order valence-electron chi connectivity index (χ0n) is 16.4. The van der Waals surface area contributed by atoms with Crippen molar-refractivity contribution in [3.63, 3.8) is 0 Å². The van der Waals surface area contributed by atoms with E-state index in [1.54, 1.807) is 0 Å². The summed E-state index contributed by atoms with van der Waals surface area (Å²) in [5.74, 6) is 1.78. The number of amides is 1. The van der Waals surface area contributed by atoms with Crippen molar-refractivity contribution in [1.29, 1.82) is 0 Å². The molecule has 0 aliphatic carbocycles. The number of hydrogen-bond donors (Lipinski definition) is 0. The number of likely N-dealkylation sites (tertiary alicyclic amines) is 2. The van der Waals surface area contributed by atoms with Crippen LogP contribution >= 0.6 is 0 Å². The Labute approximate surface area is 157 Å². The third-order valence-electron chi connectivity index (χ3n) is 6.04. The van der Waals surface area contributed by atoms with Crippen LogP contribution in [0.25, 0.3) is 0 Å². The van der Waals surface area contributed by atoms with Gasteiger partial charge < -0.3 is 4.90 Å². The van der Waals surface area contributed by atoms with E-state index >= 15 is 0 Å². The number of ketones is 1. The summed E-state index contributed by atoms with van der Waals surface area (Å²) in [6.45, 7) is 9.94. The van der Waals surface area contributed by atoms with Crippen LogP contribution in [-0.4, -0.2) is 53.7 Å². The predicted octanol–water partition coefficient (Wildman–Crippen LogP) is 3.47. The average molecular weight is 357 g/mol. The van der Waals surface area contributed by atoms with Crippen molar-refractivity contribution < 1.29 is 9.59 Å². The highest BCUT2D eigenvalue weighted by molar-refractivity contribution is 5.97. The van der Waals surface area contributed by atoms with Crippen LogP contribution in [0.3, 0.4) is 0 Å². The number of carbonyl (C=O) groups excluding carboxylic acids is 2. The zero-order valence-corrected chi connectivity index (χ0v) is 16.4. The van der Waals surface area contributed by atoms with Gasteiger partial charge in [-0.2, -0.15) is 0 Å². The molecule has 2 aliphatic heterocycles. The van der Waals surface area contributed by atoms with E-state index in [0.717, 1.165) is 44.6 Å². The van der Waals surface area contributed by atoms with Crippen LogP contribution in [0.15, 0.2) is 30.3 Å². The molecule has 0 spiro atoms. The van der Waals surface area contributed by atoms with E-state index in [1.807, 2.05) is 37.3 Å². The zero-order chi connectivity index (χ0) is 18.7. The Morgan fingerprint density at radius 1 is 1.00 bits per heavy atom. The number of piperidine rings is 2. The first-order chi connectivity index (χ1) is 12.5. The summed E-state index contributed by atoms with van der Waals surface area (Å²) >= 11 is 0. The molecule has 0 radical (unpaired) electrons. The van der Waals surface area contributed by atoms with E-state index in [0.29, 0.717) is 11.8 Å². The summed E-state index contributed by atoms with van der Waals surface area (Å²) in [7, 11) is 0. The van der Waals surface area contributed by atoms with Crippen molar-refractivity contribution in [3.8, 4) is 0 Å². The van der Waals surface area contributed by atoms with Crippen molar-refractivity contribution in [2.45, 2.75) is 46.1 Å². The molecule has 3 unspecified atom stereocenters. The standard InChI is InChI=1S/C22H32N2O2/c1-16-13-17(2)15-24(14-16)22(26)18(3)23-11-9-20(10-12-23)21(25)19-7-5-4-6-8-19/h4-8,16-18,20H,9-15H2,1-3H3. The van der Waals surface area contributed by atoms with Crippen LogP contribution in [0.4, 0.5) is 0 Å². The van der Waals surface area contributed by atoms with E-state index in [-0.39, 0.29) is 23.7 Å².